The molecule has 0 bridgehead atoms. The Morgan fingerprint density at radius 1 is 1.47 bits per heavy atom. The zero-order valence-corrected chi connectivity index (χ0v) is 9.56. The second kappa shape index (κ2) is 6.47. The maximum Gasteiger partial charge on any atom is 0.337 e. The number of carbonyl (C=O) groups is 2. The molecule has 0 aliphatic rings. The number of carboxylic acids is 1. The van der Waals surface area contributed by atoms with Crippen molar-refractivity contribution in [1.29, 1.82) is 0 Å². The fourth-order valence-corrected chi connectivity index (χ4v) is 1.32. The summed E-state index contributed by atoms with van der Waals surface area (Å²) in [6, 6.07) is 1.41. The van der Waals surface area contributed by atoms with Crippen LogP contribution in [0.4, 0.5) is 5.69 Å². The molecule has 17 heavy (non-hydrogen) atoms. The largest absolute Gasteiger partial charge is 0.478 e. The van der Waals surface area contributed by atoms with Gasteiger partial charge < -0.3 is 15.7 Å². The predicted octanol–water partition coefficient (Wildman–Crippen LogP) is 0.718. The van der Waals surface area contributed by atoms with Crippen molar-refractivity contribution in [3.63, 3.8) is 0 Å². The van der Waals surface area contributed by atoms with Crippen LogP contribution in [0.2, 0.25) is 0 Å². The fourth-order valence-electron chi connectivity index (χ4n) is 1.32. The number of carboxylic acid groups (broad SMARTS) is 1. The molecule has 0 spiro atoms. The van der Waals surface area contributed by atoms with Gasteiger partial charge in [0, 0.05) is 25.7 Å². The van der Waals surface area contributed by atoms with Crippen molar-refractivity contribution >= 4 is 17.6 Å². The van der Waals surface area contributed by atoms with Gasteiger partial charge in [-0.15, -0.1) is 0 Å². The topological polar surface area (TPSA) is 91.3 Å². The van der Waals surface area contributed by atoms with Crippen LogP contribution in [0.3, 0.4) is 0 Å². The first-order valence-corrected chi connectivity index (χ1v) is 5.33. The van der Waals surface area contributed by atoms with E-state index in [0.29, 0.717) is 25.2 Å². The third kappa shape index (κ3) is 4.10. The molecule has 92 valence electrons. The number of pyridine rings is 1. The highest BCUT2D eigenvalue weighted by atomic mass is 16.4. The fraction of sp³-hybridized carbons (Fsp3) is 0.364. The molecule has 0 unspecified atom stereocenters. The van der Waals surface area contributed by atoms with Crippen LogP contribution in [0.25, 0.3) is 0 Å². The van der Waals surface area contributed by atoms with Crippen molar-refractivity contribution in [2.24, 2.45) is 0 Å². The van der Waals surface area contributed by atoms with Crippen LogP contribution in [-0.4, -0.2) is 35.1 Å². The van der Waals surface area contributed by atoms with E-state index >= 15 is 0 Å². The number of nitrogens with zero attached hydrogens (tertiary/aromatic N) is 1. The van der Waals surface area contributed by atoms with Gasteiger partial charge in [-0.3, -0.25) is 9.78 Å². The Morgan fingerprint density at radius 3 is 2.88 bits per heavy atom. The highest BCUT2D eigenvalue weighted by Crippen LogP contribution is 2.12. The molecular weight excluding hydrogens is 222 g/mol. The molecule has 0 aromatic carbocycles. The maximum absolute atomic E-state index is 11.2. The third-order valence-electron chi connectivity index (χ3n) is 2.09. The van der Waals surface area contributed by atoms with Crippen molar-refractivity contribution in [2.45, 2.75) is 13.3 Å². The number of rotatable bonds is 6. The van der Waals surface area contributed by atoms with Gasteiger partial charge in [0.2, 0.25) is 5.91 Å². The summed E-state index contributed by atoms with van der Waals surface area (Å²) >= 11 is 0. The first kappa shape index (κ1) is 13.0. The van der Waals surface area contributed by atoms with Crippen molar-refractivity contribution in [3.8, 4) is 0 Å². The number of hydrogen-bond donors (Lipinski definition) is 3. The predicted molar refractivity (Wildman–Crippen MR) is 63.0 cm³/mol. The van der Waals surface area contributed by atoms with E-state index in [2.05, 4.69) is 15.6 Å². The van der Waals surface area contributed by atoms with Gasteiger partial charge in [0.05, 0.1) is 17.4 Å². The van der Waals surface area contributed by atoms with Gasteiger partial charge in [-0.25, -0.2) is 4.79 Å². The quantitative estimate of drug-likeness (QED) is 0.678. The van der Waals surface area contributed by atoms with Crippen molar-refractivity contribution in [3.05, 3.63) is 24.0 Å². The third-order valence-corrected chi connectivity index (χ3v) is 2.09. The van der Waals surface area contributed by atoms with E-state index in [9.17, 15) is 9.59 Å². The second-order valence-electron chi connectivity index (χ2n) is 3.36. The van der Waals surface area contributed by atoms with Gasteiger partial charge in [-0.2, -0.15) is 0 Å². The Morgan fingerprint density at radius 2 is 2.24 bits per heavy atom. The van der Waals surface area contributed by atoms with E-state index in [4.69, 9.17) is 5.11 Å². The van der Waals surface area contributed by atoms with Crippen LogP contribution in [-0.2, 0) is 4.79 Å². The first-order valence-electron chi connectivity index (χ1n) is 5.33. The summed E-state index contributed by atoms with van der Waals surface area (Å²) in [5.74, 6) is -1.09. The number of anilines is 1. The number of nitrogens with one attached hydrogen (secondary N) is 2. The van der Waals surface area contributed by atoms with E-state index in [-0.39, 0.29) is 11.5 Å². The van der Waals surface area contributed by atoms with Gasteiger partial charge in [-0.1, -0.05) is 0 Å². The van der Waals surface area contributed by atoms with Gasteiger partial charge >= 0.3 is 5.97 Å². The zero-order chi connectivity index (χ0) is 12.7. The minimum atomic E-state index is -1.02. The molecule has 0 fully saturated rings. The average Bonchev–Trinajstić information content (AvgIpc) is 2.30. The molecular formula is C11H15N3O3. The minimum Gasteiger partial charge on any atom is -0.478 e. The van der Waals surface area contributed by atoms with Gasteiger partial charge in [-0.05, 0) is 13.0 Å². The van der Waals surface area contributed by atoms with Crippen LogP contribution in [0.15, 0.2) is 18.5 Å². The van der Waals surface area contributed by atoms with Crippen molar-refractivity contribution in [1.82, 2.24) is 10.3 Å². The van der Waals surface area contributed by atoms with Crippen LogP contribution >= 0.6 is 0 Å². The van der Waals surface area contributed by atoms with E-state index in [1.165, 1.54) is 18.5 Å². The summed E-state index contributed by atoms with van der Waals surface area (Å²) in [4.78, 5) is 25.9. The molecule has 0 atom stereocenters. The molecule has 0 radical (unpaired) electrons. The molecule has 0 saturated heterocycles. The second-order valence-corrected chi connectivity index (χ2v) is 3.36. The molecule has 1 heterocycles. The molecule has 1 amide bonds. The smallest absolute Gasteiger partial charge is 0.337 e. The highest BCUT2D eigenvalue weighted by molar-refractivity contribution is 5.93. The minimum absolute atomic E-state index is 0.0687. The van der Waals surface area contributed by atoms with Crippen LogP contribution in [0, 0.1) is 0 Å². The molecule has 1 aromatic rings. The molecule has 0 saturated carbocycles. The number of aromatic carboxylic acids is 1. The van der Waals surface area contributed by atoms with Gasteiger partial charge in [0.25, 0.3) is 0 Å². The summed E-state index contributed by atoms with van der Waals surface area (Å²) in [7, 11) is 0. The first-order chi connectivity index (χ1) is 8.15. The standard InChI is InChI=1S/C11H15N3O3/c1-2-13-10(15)4-6-14-9-7-12-5-3-8(9)11(16)17/h3,5,7,14H,2,4,6H2,1H3,(H,13,15)(H,16,17). The molecule has 6 heteroatoms. The number of amides is 1. The lowest BCUT2D eigenvalue weighted by molar-refractivity contribution is -0.120. The van der Waals surface area contributed by atoms with Crippen LogP contribution < -0.4 is 10.6 Å². The summed E-state index contributed by atoms with van der Waals surface area (Å²) in [6.45, 7) is 2.80. The van der Waals surface area contributed by atoms with Crippen molar-refractivity contribution in [2.75, 3.05) is 18.4 Å². The van der Waals surface area contributed by atoms with Gasteiger partial charge in [0.1, 0.15) is 0 Å². The van der Waals surface area contributed by atoms with E-state index in [1.807, 2.05) is 6.92 Å². The molecule has 6 nitrogen and oxygen atoms in total. The van der Waals surface area contributed by atoms with Gasteiger partial charge in [0.15, 0.2) is 0 Å². The summed E-state index contributed by atoms with van der Waals surface area (Å²) in [5.41, 5.74) is 0.570. The molecule has 1 rings (SSSR count). The number of aromatic nitrogens is 1. The van der Waals surface area contributed by atoms with Crippen LogP contribution in [0.5, 0.6) is 0 Å². The molecule has 0 aliphatic heterocycles. The van der Waals surface area contributed by atoms with E-state index in [0.717, 1.165) is 0 Å². The lowest BCUT2D eigenvalue weighted by Crippen LogP contribution is -2.25. The lowest BCUT2D eigenvalue weighted by Gasteiger charge is -2.08. The Balaban J connectivity index is 2.52. The van der Waals surface area contributed by atoms with E-state index in [1.54, 1.807) is 0 Å². The Bertz CT molecular complexity index is 407. The Labute approximate surface area is 99.1 Å². The Hall–Kier alpha value is -2.11. The lowest BCUT2D eigenvalue weighted by atomic mass is 10.2. The molecule has 0 aliphatic carbocycles. The highest BCUT2D eigenvalue weighted by Gasteiger charge is 2.09. The number of carbonyl (C=O) groups excluding carboxylic acids is 1. The normalized spacial score (nSPS) is 9.71. The van der Waals surface area contributed by atoms with E-state index < -0.39 is 5.97 Å². The van der Waals surface area contributed by atoms with Crippen molar-refractivity contribution < 1.29 is 14.7 Å². The monoisotopic (exact) mass is 237 g/mol. The maximum atomic E-state index is 11.2. The zero-order valence-electron chi connectivity index (χ0n) is 9.56. The SMILES string of the molecule is CCNC(=O)CCNc1cnccc1C(=O)O. The summed E-state index contributed by atoms with van der Waals surface area (Å²) < 4.78 is 0. The average molecular weight is 237 g/mol. The summed E-state index contributed by atoms with van der Waals surface area (Å²) in [5, 5.41) is 14.4. The number of hydrogen-bond acceptors (Lipinski definition) is 4. The van der Waals surface area contributed by atoms with Crippen LogP contribution in [0.1, 0.15) is 23.7 Å². The Kier molecular flexibility index (Phi) is 4.93. The molecule has 1 aromatic heterocycles. The molecule has 3 N–H and O–H groups in total. The summed E-state index contributed by atoms with van der Waals surface area (Å²) in [6.07, 6.45) is 3.14.